The number of hydrogen-bond donors (Lipinski definition) is 1. The molecular formula is C37H77N. The van der Waals surface area contributed by atoms with E-state index in [1.54, 1.807) is 0 Å². The molecule has 0 heterocycles. The van der Waals surface area contributed by atoms with Gasteiger partial charge in [-0.2, -0.15) is 0 Å². The molecule has 0 spiro atoms. The number of hydrogen-bond acceptors (Lipinski definition) is 1. The van der Waals surface area contributed by atoms with E-state index in [0.717, 1.165) is 0 Å². The van der Waals surface area contributed by atoms with Crippen molar-refractivity contribution in [1.82, 2.24) is 5.32 Å². The van der Waals surface area contributed by atoms with Gasteiger partial charge in [0.1, 0.15) is 0 Å². The van der Waals surface area contributed by atoms with Crippen molar-refractivity contribution in [2.45, 2.75) is 226 Å². The van der Waals surface area contributed by atoms with E-state index in [4.69, 9.17) is 0 Å². The van der Waals surface area contributed by atoms with E-state index < -0.39 is 0 Å². The molecule has 1 N–H and O–H groups in total. The molecule has 0 atom stereocenters. The van der Waals surface area contributed by atoms with Crippen LogP contribution in [0.15, 0.2) is 0 Å². The SMILES string of the molecule is CCCCCCCCCCCCCCCCCCCCCCCNCCCCCCCCCCCCCC. The zero-order chi connectivity index (χ0) is 27.5. The van der Waals surface area contributed by atoms with Gasteiger partial charge in [0.15, 0.2) is 0 Å². The number of rotatable bonds is 35. The lowest BCUT2D eigenvalue weighted by Gasteiger charge is -2.06. The molecule has 0 bridgehead atoms. The average molecular weight is 536 g/mol. The largest absolute Gasteiger partial charge is 0.317 e. The molecule has 0 aliphatic carbocycles. The molecule has 0 rings (SSSR count). The monoisotopic (exact) mass is 536 g/mol. The van der Waals surface area contributed by atoms with Crippen LogP contribution in [-0.4, -0.2) is 13.1 Å². The summed E-state index contributed by atoms with van der Waals surface area (Å²) in [5.74, 6) is 0. The minimum absolute atomic E-state index is 1.25. The molecule has 0 radical (unpaired) electrons. The zero-order valence-electron chi connectivity index (χ0n) is 27.2. The molecule has 0 saturated heterocycles. The summed E-state index contributed by atoms with van der Waals surface area (Å²) >= 11 is 0. The van der Waals surface area contributed by atoms with Crippen molar-refractivity contribution in [2.24, 2.45) is 0 Å². The normalized spacial score (nSPS) is 11.5. The van der Waals surface area contributed by atoms with Crippen LogP contribution in [0.2, 0.25) is 0 Å². The van der Waals surface area contributed by atoms with Crippen molar-refractivity contribution in [3.63, 3.8) is 0 Å². The van der Waals surface area contributed by atoms with Crippen LogP contribution in [0.1, 0.15) is 226 Å². The van der Waals surface area contributed by atoms with Crippen molar-refractivity contribution in [3.8, 4) is 0 Å². The summed E-state index contributed by atoms with van der Waals surface area (Å²) < 4.78 is 0. The van der Waals surface area contributed by atoms with Crippen molar-refractivity contribution in [3.05, 3.63) is 0 Å². The third-order valence-electron chi connectivity index (χ3n) is 8.66. The summed E-state index contributed by atoms with van der Waals surface area (Å²) in [4.78, 5) is 0. The zero-order valence-corrected chi connectivity index (χ0v) is 27.2. The Balaban J connectivity index is 3.01. The maximum atomic E-state index is 3.68. The van der Waals surface area contributed by atoms with Gasteiger partial charge in [-0.25, -0.2) is 0 Å². The molecule has 0 aromatic heterocycles. The van der Waals surface area contributed by atoms with Crippen molar-refractivity contribution in [1.29, 1.82) is 0 Å². The molecule has 1 nitrogen and oxygen atoms in total. The van der Waals surface area contributed by atoms with Crippen LogP contribution >= 0.6 is 0 Å². The highest BCUT2D eigenvalue weighted by atomic mass is 14.8. The van der Waals surface area contributed by atoms with Gasteiger partial charge >= 0.3 is 0 Å². The third kappa shape index (κ3) is 36.0. The molecule has 38 heavy (non-hydrogen) atoms. The molecule has 0 amide bonds. The fourth-order valence-corrected chi connectivity index (χ4v) is 5.90. The first kappa shape index (κ1) is 38.0. The van der Waals surface area contributed by atoms with Gasteiger partial charge in [-0.1, -0.05) is 213 Å². The van der Waals surface area contributed by atoms with Crippen LogP contribution in [0.25, 0.3) is 0 Å². The predicted molar refractivity (Wildman–Crippen MR) is 177 cm³/mol. The van der Waals surface area contributed by atoms with Crippen molar-refractivity contribution >= 4 is 0 Å². The summed E-state index contributed by atoms with van der Waals surface area (Å²) in [6, 6.07) is 0. The molecule has 0 aromatic rings. The number of nitrogens with one attached hydrogen (secondary N) is 1. The Kier molecular flexibility index (Phi) is 36.9. The fourth-order valence-electron chi connectivity index (χ4n) is 5.90. The van der Waals surface area contributed by atoms with Gasteiger partial charge in [0.2, 0.25) is 0 Å². The summed E-state index contributed by atoms with van der Waals surface area (Å²) in [5.41, 5.74) is 0. The lowest BCUT2D eigenvalue weighted by atomic mass is 10.0. The Morgan fingerprint density at radius 3 is 0.553 bits per heavy atom. The fraction of sp³-hybridized carbons (Fsp3) is 1.00. The van der Waals surface area contributed by atoms with E-state index in [0.29, 0.717) is 0 Å². The molecule has 0 aliphatic heterocycles. The van der Waals surface area contributed by atoms with Crippen molar-refractivity contribution < 1.29 is 0 Å². The lowest BCUT2D eigenvalue weighted by molar-refractivity contribution is 0.514. The molecule has 230 valence electrons. The Bertz CT molecular complexity index is 343. The molecular weight excluding hydrogens is 458 g/mol. The van der Waals surface area contributed by atoms with Gasteiger partial charge in [-0.15, -0.1) is 0 Å². The first-order valence-corrected chi connectivity index (χ1v) is 18.6. The van der Waals surface area contributed by atoms with E-state index in [-0.39, 0.29) is 0 Å². The molecule has 0 fully saturated rings. The highest BCUT2D eigenvalue weighted by Gasteiger charge is 1.97. The van der Waals surface area contributed by atoms with E-state index in [1.807, 2.05) is 0 Å². The highest BCUT2D eigenvalue weighted by molar-refractivity contribution is 4.54. The minimum Gasteiger partial charge on any atom is -0.317 e. The quantitative estimate of drug-likeness (QED) is 0.0795. The Morgan fingerprint density at radius 1 is 0.211 bits per heavy atom. The van der Waals surface area contributed by atoms with Crippen LogP contribution in [0.5, 0.6) is 0 Å². The maximum absolute atomic E-state index is 3.68. The average Bonchev–Trinajstić information content (AvgIpc) is 2.93. The molecule has 0 unspecified atom stereocenters. The number of unbranched alkanes of at least 4 members (excludes halogenated alkanes) is 31. The van der Waals surface area contributed by atoms with Gasteiger partial charge in [-0.3, -0.25) is 0 Å². The second-order valence-electron chi connectivity index (χ2n) is 12.7. The van der Waals surface area contributed by atoms with E-state index >= 15 is 0 Å². The Hall–Kier alpha value is -0.0400. The molecule has 0 saturated carbocycles. The summed E-state index contributed by atoms with van der Waals surface area (Å²) in [6.45, 7) is 7.11. The van der Waals surface area contributed by atoms with Crippen LogP contribution < -0.4 is 5.32 Å². The Morgan fingerprint density at radius 2 is 0.368 bits per heavy atom. The van der Waals surface area contributed by atoms with Gasteiger partial charge in [0.05, 0.1) is 0 Å². The van der Waals surface area contributed by atoms with Gasteiger partial charge in [-0.05, 0) is 25.9 Å². The van der Waals surface area contributed by atoms with Gasteiger partial charge < -0.3 is 5.32 Å². The van der Waals surface area contributed by atoms with E-state index in [1.165, 1.54) is 225 Å². The summed E-state index contributed by atoms with van der Waals surface area (Å²) in [6.07, 6.45) is 48.2. The van der Waals surface area contributed by atoms with Crippen LogP contribution in [-0.2, 0) is 0 Å². The second-order valence-corrected chi connectivity index (χ2v) is 12.7. The lowest BCUT2D eigenvalue weighted by Crippen LogP contribution is -2.16. The first-order valence-electron chi connectivity index (χ1n) is 18.6. The van der Waals surface area contributed by atoms with E-state index in [2.05, 4.69) is 19.2 Å². The summed E-state index contributed by atoms with van der Waals surface area (Å²) in [5, 5.41) is 3.68. The summed E-state index contributed by atoms with van der Waals surface area (Å²) in [7, 11) is 0. The molecule has 1 heteroatoms. The van der Waals surface area contributed by atoms with Gasteiger partial charge in [0, 0.05) is 0 Å². The Labute approximate surface area is 243 Å². The standard InChI is InChI=1S/C37H77N/c1-3-5-7-9-11-13-15-17-18-19-20-21-22-23-24-25-27-29-31-33-35-37-38-36-34-32-30-28-26-16-14-12-10-8-6-4-2/h38H,3-37H2,1-2H3. The van der Waals surface area contributed by atoms with E-state index in [9.17, 15) is 0 Å². The van der Waals surface area contributed by atoms with Crippen LogP contribution in [0.4, 0.5) is 0 Å². The van der Waals surface area contributed by atoms with Crippen LogP contribution in [0.3, 0.4) is 0 Å². The van der Waals surface area contributed by atoms with Crippen LogP contribution in [0, 0.1) is 0 Å². The third-order valence-corrected chi connectivity index (χ3v) is 8.66. The predicted octanol–water partition coefficient (Wildman–Crippen LogP) is 13.5. The second kappa shape index (κ2) is 37.0. The topological polar surface area (TPSA) is 12.0 Å². The molecule has 0 aromatic carbocycles. The first-order chi connectivity index (χ1) is 18.9. The smallest absolute Gasteiger partial charge is 0.00489 e. The highest BCUT2D eigenvalue weighted by Crippen LogP contribution is 2.15. The van der Waals surface area contributed by atoms with Crippen molar-refractivity contribution in [2.75, 3.05) is 13.1 Å². The van der Waals surface area contributed by atoms with Gasteiger partial charge in [0.25, 0.3) is 0 Å². The minimum atomic E-state index is 1.25. The maximum Gasteiger partial charge on any atom is -0.00489 e. The molecule has 0 aliphatic rings.